The molecule has 0 aromatic heterocycles. The Bertz CT molecular complexity index is 501. The summed E-state index contributed by atoms with van der Waals surface area (Å²) in [6, 6.07) is 6.01. The van der Waals surface area contributed by atoms with Gasteiger partial charge in [0.15, 0.2) is 0 Å². The summed E-state index contributed by atoms with van der Waals surface area (Å²) in [4.78, 5) is 0. The van der Waals surface area contributed by atoms with Crippen LogP contribution in [-0.2, 0) is 13.0 Å². The van der Waals surface area contributed by atoms with Crippen molar-refractivity contribution in [2.75, 3.05) is 6.61 Å². The van der Waals surface area contributed by atoms with Crippen LogP contribution in [0.5, 0.6) is 5.75 Å². The smallest absolute Gasteiger partial charge is 0.391 e. The van der Waals surface area contributed by atoms with Crippen molar-refractivity contribution < 1.29 is 17.9 Å². The highest BCUT2D eigenvalue weighted by molar-refractivity contribution is 5.39. The second-order valence-electron chi connectivity index (χ2n) is 6.02. The molecule has 1 aliphatic heterocycles. The highest BCUT2D eigenvalue weighted by Gasteiger charge is 2.41. The van der Waals surface area contributed by atoms with E-state index < -0.39 is 12.1 Å². The first-order valence-electron chi connectivity index (χ1n) is 7.57. The average Bonchev–Trinajstić information content (AvgIpc) is 2.92. The number of hydrogen-bond acceptors (Lipinski definition) is 2. The van der Waals surface area contributed by atoms with Gasteiger partial charge in [0, 0.05) is 19.0 Å². The Balaban J connectivity index is 1.55. The van der Waals surface area contributed by atoms with Crippen molar-refractivity contribution in [3.63, 3.8) is 0 Å². The number of hydrogen-bond donors (Lipinski definition) is 1. The van der Waals surface area contributed by atoms with Crippen LogP contribution in [0.3, 0.4) is 0 Å². The highest BCUT2D eigenvalue weighted by atomic mass is 19.4. The summed E-state index contributed by atoms with van der Waals surface area (Å²) in [5, 5.41) is 3.29. The zero-order valence-corrected chi connectivity index (χ0v) is 11.9. The minimum atomic E-state index is -4.05. The first kappa shape index (κ1) is 14.7. The molecule has 5 heteroatoms. The molecule has 1 aromatic rings. The van der Waals surface area contributed by atoms with Gasteiger partial charge in [-0.2, -0.15) is 13.2 Å². The van der Waals surface area contributed by atoms with Crippen LogP contribution >= 0.6 is 0 Å². The van der Waals surface area contributed by atoms with E-state index in [-0.39, 0.29) is 18.9 Å². The Hall–Kier alpha value is -1.23. The van der Waals surface area contributed by atoms with Gasteiger partial charge < -0.3 is 10.1 Å². The Labute approximate surface area is 122 Å². The van der Waals surface area contributed by atoms with Gasteiger partial charge in [0.25, 0.3) is 0 Å². The van der Waals surface area contributed by atoms with Gasteiger partial charge in [-0.25, -0.2) is 0 Å². The Morgan fingerprint density at radius 2 is 2.10 bits per heavy atom. The van der Waals surface area contributed by atoms with Crippen molar-refractivity contribution in [3.05, 3.63) is 29.3 Å². The lowest BCUT2D eigenvalue weighted by molar-refractivity contribution is -0.183. The van der Waals surface area contributed by atoms with Crippen LogP contribution in [0.15, 0.2) is 18.2 Å². The van der Waals surface area contributed by atoms with Gasteiger partial charge in [0.2, 0.25) is 0 Å². The molecule has 0 saturated heterocycles. The standard InChI is InChI=1S/C16H20F3NO/c17-16(18,19)13-2-1-3-14(9-13)20-10-11-4-5-15-12(8-11)6-7-21-15/h4-5,8,13-14,20H,1-3,6-7,9-10H2. The van der Waals surface area contributed by atoms with E-state index in [0.717, 1.165) is 30.8 Å². The van der Waals surface area contributed by atoms with Gasteiger partial charge in [-0.1, -0.05) is 18.6 Å². The fraction of sp³-hybridized carbons (Fsp3) is 0.625. The van der Waals surface area contributed by atoms with Crippen LogP contribution in [0.1, 0.15) is 36.8 Å². The minimum absolute atomic E-state index is 0.0325. The molecule has 2 atom stereocenters. The van der Waals surface area contributed by atoms with Gasteiger partial charge >= 0.3 is 6.18 Å². The predicted molar refractivity (Wildman–Crippen MR) is 74.3 cm³/mol. The maximum Gasteiger partial charge on any atom is 0.391 e. The maximum absolute atomic E-state index is 12.8. The molecule has 0 radical (unpaired) electrons. The fourth-order valence-corrected chi connectivity index (χ4v) is 3.28. The molecule has 1 saturated carbocycles. The lowest BCUT2D eigenvalue weighted by Gasteiger charge is -2.31. The summed E-state index contributed by atoms with van der Waals surface area (Å²) in [5.74, 6) is -0.203. The maximum atomic E-state index is 12.8. The van der Waals surface area contributed by atoms with Crippen LogP contribution in [0.25, 0.3) is 0 Å². The van der Waals surface area contributed by atoms with Gasteiger partial charge in [0.1, 0.15) is 5.75 Å². The number of alkyl halides is 3. The van der Waals surface area contributed by atoms with E-state index in [4.69, 9.17) is 4.74 Å². The molecule has 1 aromatic carbocycles. The molecule has 0 spiro atoms. The van der Waals surface area contributed by atoms with E-state index in [0.29, 0.717) is 13.0 Å². The van der Waals surface area contributed by atoms with Crippen molar-refractivity contribution >= 4 is 0 Å². The zero-order chi connectivity index (χ0) is 14.9. The van der Waals surface area contributed by atoms with Gasteiger partial charge in [0.05, 0.1) is 12.5 Å². The summed E-state index contributed by atoms with van der Waals surface area (Å²) in [5.41, 5.74) is 2.32. The summed E-state index contributed by atoms with van der Waals surface area (Å²) < 4.78 is 43.8. The number of rotatable bonds is 3. The first-order chi connectivity index (χ1) is 10.0. The molecule has 2 nitrogen and oxygen atoms in total. The molecule has 0 amide bonds. The molecule has 1 N–H and O–H groups in total. The largest absolute Gasteiger partial charge is 0.493 e. The lowest BCUT2D eigenvalue weighted by Crippen LogP contribution is -2.38. The summed E-state index contributed by atoms with van der Waals surface area (Å²) in [6.45, 7) is 1.35. The lowest BCUT2D eigenvalue weighted by atomic mass is 9.85. The molecule has 2 aliphatic rings. The third-order valence-corrected chi connectivity index (χ3v) is 4.49. The van der Waals surface area contributed by atoms with E-state index >= 15 is 0 Å². The summed E-state index contributed by atoms with van der Waals surface area (Å²) in [6.07, 6.45) is -1.16. The van der Waals surface area contributed by atoms with Gasteiger partial charge in [-0.3, -0.25) is 0 Å². The monoisotopic (exact) mass is 299 g/mol. The fourth-order valence-electron chi connectivity index (χ4n) is 3.28. The molecular formula is C16H20F3NO. The van der Waals surface area contributed by atoms with Crippen molar-refractivity contribution in [2.24, 2.45) is 5.92 Å². The average molecular weight is 299 g/mol. The van der Waals surface area contributed by atoms with E-state index in [1.54, 1.807) is 0 Å². The van der Waals surface area contributed by atoms with Crippen LogP contribution in [0.2, 0.25) is 0 Å². The zero-order valence-electron chi connectivity index (χ0n) is 11.9. The Morgan fingerprint density at radius 3 is 2.90 bits per heavy atom. The molecule has 0 bridgehead atoms. The van der Waals surface area contributed by atoms with Crippen molar-refractivity contribution in [3.8, 4) is 5.75 Å². The van der Waals surface area contributed by atoms with Crippen LogP contribution in [0, 0.1) is 5.92 Å². The second-order valence-corrected chi connectivity index (χ2v) is 6.02. The molecule has 21 heavy (non-hydrogen) atoms. The van der Waals surface area contributed by atoms with Crippen LogP contribution in [0.4, 0.5) is 13.2 Å². The number of ether oxygens (including phenoxy) is 1. The minimum Gasteiger partial charge on any atom is -0.493 e. The van der Waals surface area contributed by atoms with E-state index in [2.05, 4.69) is 11.4 Å². The van der Waals surface area contributed by atoms with E-state index in [9.17, 15) is 13.2 Å². The van der Waals surface area contributed by atoms with Gasteiger partial charge in [-0.05, 0) is 36.5 Å². The molecule has 3 rings (SSSR count). The predicted octanol–water partition coefficient (Wildman–Crippen LogP) is 3.83. The van der Waals surface area contributed by atoms with Crippen molar-refractivity contribution in [2.45, 2.75) is 50.9 Å². The highest BCUT2D eigenvalue weighted by Crippen LogP contribution is 2.37. The molecule has 1 fully saturated rings. The molecule has 116 valence electrons. The number of fused-ring (bicyclic) bond motifs is 1. The third-order valence-electron chi connectivity index (χ3n) is 4.49. The molecule has 2 unspecified atom stereocenters. The number of nitrogens with one attached hydrogen (secondary N) is 1. The Morgan fingerprint density at radius 1 is 1.24 bits per heavy atom. The summed E-state index contributed by atoms with van der Waals surface area (Å²) in [7, 11) is 0. The van der Waals surface area contributed by atoms with Gasteiger partial charge in [-0.15, -0.1) is 0 Å². The molecule has 1 aliphatic carbocycles. The summed E-state index contributed by atoms with van der Waals surface area (Å²) >= 11 is 0. The third kappa shape index (κ3) is 3.51. The number of halogens is 3. The number of benzene rings is 1. The van der Waals surface area contributed by atoms with E-state index in [1.165, 1.54) is 5.56 Å². The SMILES string of the molecule is FC(F)(F)C1CCCC(NCc2ccc3c(c2)CCO3)C1. The van der Waals surface area contributed by atoms with Crippen molar-refractivity contribution in [1.82, 2.24) is 5.32 Å². The first-order valence-corrected chi connectivity index (χ1v) is 7.57. The second kappa shape index (κ2) is 5.87. The molecular weight excluding hydrogens is 279 g/mol. The van der Waals surface area contributed by atoms with Crippen molar-refractivity contribution in [1.29, 1.82) is 0 Å². The normalized spacial score (nSPS) is 25.5. The van der Waals surface area contributed by atoms with E-state index in [1.807, 2.05) is 12.1 Å². The topological polar surface area (TPSA) is 21.3 Å². The Kier molecular flexibility index (Phi) is 4.11. The molecule has 1 heterocycles. The van der Waals surface area contributed by atoms with Crippen LogP contribution < -0.4 is 10.1 Å². The van der Waals surface area contributed by atoms with Crippen LogP contribution in [-0.4, -0.2) is 18.8 Å². The quantitative estimate of drug-likeness (QED) is 0.916.